The van der Waals surface area contributed by atoms with Gasteiger partial charge in [-0.1, -0.05) is 23.8 Å². The molecule has 2 rings (SSSR count). The molecule has 1 heterocycles. The first-order valence-electron chi connectivity index (χ1n) is 4.68. The second kappa shape index (κ2) is 5.48. The number of benzene rings is 1. The van der Waals surface area contributed by atoms with E-state index < -0.39 is 0 Å². The fourth-order valence-electron chi connectivity index (χ4n) is 1.30. The Bertz CT molecular complexity index is 510. The Hall–Kier alpha value is -0.840. The summed E-state index contributed by atoms with van der Waals surface area (Å²) in [6, 6.07) is 3.68. The highest BCUT2D eigenvalue weighted by Crippen LogP contribution is 2.29. The van der Waals surface area contributed by atoms with Crippen molar-refractivity contribution >= 4 is 51.7 Å². The molecule has 0 amide bonds. The van der Waals surface area contributed by atoms with Crippen molar-refractivity contribution in [2.45, 2.75) is 0 Å². The summed E-state index contributed by atoms with van der Waals surface area (Å²) in [5.74, 6) is 0.512. The maximum atomic E-state index is 6.10. The van der Waals surface area contributed by atoms with Gasteiger partial charge in [-0.2, -0.15) is 8.75 Å². The zero-order valence-electron chi connectivity index (χ0n) is 8.28. The second-order valence-corrected chi connectivity index (χ2v) is 4.31. The summed E-state index contributed by atoms with van der Waals surface area (Å²) < 4.78 is 8.37. The van der Waals surface area contributed by atoms with Crippen LogP contribution in [0.25, 0.3) is 11.0 Å². The monoisotopic (exact) mass is 273 g/mol. The lowest BCUT2D eigenvalue weighted by Crippen LogP contribution is -1.99. The molecule has 1 aromatic heterocycles. The molecule has 0 fully saturated rings. The molecule has 0 saturated carbocycles. The van der Waals surface area contributed by atoms with E-state index in [9.17, 15) is 0 Å². The zero-order chi connectivity index (χ0) is 11.4. The predicted octanol–water partition coefficient (Wildman–Crippen LogP) is 3.55. The van der Waals surface area contributed by atoms with E-state index in [1.807, 2.05) is 24.3 Å². The van der Waals surface area contributed by atoms with Crippen molar-refractivity contribution in [2.75, 3.05) is 17.7 Å². The molecule has 84 valence electrons. The first kappa shape index (κ1) is 11.6. The van der Waals surface area contributed by atoms with E-state index >= 15 is 0 Å². The van der Waals surface area contributed by atoms with Gasteiger partial charge >= 0.3 is 0 Å². The number of halogens is 2. The fraction of sp³-hybridized carbons (Fsp3) is 0.200. The number of fused-ring (bicyclic) bond motifs is 1. The van der Waals surface area contributed by atoms with Crippen LogP contribution in [0.2, 0.25) is 5.02 Å². The van der Waals surface area contributed by atoms with Crippen LogP contribution in [0, 0.1) is 0 Å². The molecule has 0 unspecified atom stereocenters. The van der Waals surface area contributed by atoms with E-state index in [0.717, 1.165) is 16.7 Å². The number of rotatable bonds is 4. The highest BCUT2D eigenvalue weighted by Gasteiger charge is 2.08. The molecule has 0 aliphatic rings. The lowest BCUT2D eigenvalue weighted by atomic mass is 10.2. The third-order valence-electron chi connectivity index (χ3n) is 2.03. The number of nitrogens with zero attached hydrogens (tertiary/aromatic N) is 2. The van der Waals surface area contributed by atoms with Gasteiger partial charge in [-0.25, -0.2) is 0 Å². The molecule has 16 heavy (non-hydrogen) atoms. The third kappa shape index (κ3) is 2.45. The number of aromatic nitrogens is 2. The molecule has 1 N–H and O–H groups in total. The van der Waals surface area contributed by atoms with E-state index in [1.54, 1.807) is 0 Å². The van der Waals surface area contributed by atoms with Gasteiger partial charge < -0.3 is 5.32 Å². The molecule has 3 nitrogen and oxygen atoms in total. The molecular weight excluding hydrogens is 265 g/mol. The molecule has 0 radical (unpaired) electrons. The largest absolute Gasteiger partial charge is 0.379 e. The van der Waals surface area contributed by atoms with Gasteiger partial charge in [0.2, 0.25) is 0 Å². The van der Waals surface area contributed by atoms with Crippen LogP contribution in [-0.2, 0) is 0 Å². The fourth-order valence-corrected chi connectivity index (χ4v) is 2.19. The molecule has 0 aliphatic heterocycles. The molecule has 0 spiro atoms. The van der Waals surface area contributed by atoms with Crippen molar-refractivity contribution in [1.29, 1.82) is 0 Å². The van der Waals surface area contributed by atoms with E-state index in [-0.39, 0.29) is 0 Å². The van der Waals surface area contributed by atoms with Gasteiger partial charge in [0, 0.05) is 12.4 Å². The number of alkyl halides is 1. The normalized spacial score (nSPS) is 11.4. The zero-order valence-corrected chi connectivity index (χ0v) is 10.6. The minimum absolute atomic E-state index is 0.512. The Labute approximate surface area is 107 Å². The van der Waals surface area contributed by atoms with Crippen LogP contribution in [0.5, 0.6) is 0 Å². The van der Waals surface area contributed by atoms with Crippen LogP contribution < -0.4 is 5.32 Å². The van der Waals surface area contributed by atoms with E-state index in [4.69, 9.17) is 23.2 Å². The van der Waals surface area contributed by atoms with Gasteiger partial charge in [0.15, 0.2) is 0 Å². The summed E-state index contributed by atoms with van der Waals surface area (Å²) in [5.41, 5.74) is 2.50. The smallest absolute Gasteiger partial charge is 0.129 e. The summed E-state index contributed by atoms with van der Waals surface area (Å²) >= 11 is 12.8. The highest BCUT2D eigenvalue weighted by atomic mass is 35.5. The highest BCUT2D eigenvalue weighted by molar-refractivity contribution is 7.00. The van der Waals surface area contributed by atoms with Gasteiger partial charge in [0.05, 0.1) is 22.4 Å². The van der Waals surface area contributed by atoms with Crippen LogP contribution in [0.4, 0.5) is 5.69 Å². The SMILES string of the molecule is ClC/C=C/CNc1c(Cl)ccc2nsnc12. The Balaban J connectivity index is 2.24. The first-order valence-corrected chi connectivity index (χ1v) is 6.33. The number of hydrogen-bond donors (Lipinski definition) is 1. The van der Waals surface area contributed by atoms with Gasteiger partial charge in [-0.05, 0) is 12.1 Å². The molecule has 2 aromatic rings. The number of nitrogens with one attached hydrogen (secondary N) is 1. The molecular formula is C10H9Cl2N3S. The Morgan fingerprint density at radius 1 is 1.31 bits per heavy atom. The van der Waals surface area contributed by atoms with Gasteiger partial charge in [0.1, 0.15) is 11.0 Å². The van der Waals surface area contributed by atoms with Crippen molar-refractivity contribution < 1.29 is 0 Å². The summed E-state index contributed by atoms with van der Waals surface area (Å²) in [4.78, 5) is 0. The van der Waals surface area contributed by atoms with Crippen LogP contribution in [0.3, 0.4) is 0 Å². The van der Waals surface area contributed by atoms with Crippen LogP contribution in [0.1, 0.15) is 0 Å². The topological polar surface area (TPSA) is 37.8 Å². The van der Waals surface area contributed by atoms with Gasteiger partial charge in [-0.3, -0.25) is 0 Å². The third-order valence-corrected chi connectivity index (χ3v) is 3.07. The summed E-state index contributed by atoms with van der Waals surface area (Å²) in [6.45, 7) is 0.670. The van der Waals surface area contributed by atoms with Crippen molar-refractivity contribution in [1.82, 2.24) is 8.75 Å². The molecule has 0 atom stereocenters. The number of hydrogen-bond acceptors (Lipinski definition) is 4. The molecule has 0 aliphatic carbocycles. The number of anilines is 1. The molecule has 0 bridgehead atoms. The Morgan fingerprint density at radius 2 is 2.19 bits per heavy atom. The Kier molecular flexibility index (Phi) is 3.98. The summed E-state index contributed by atoms with van der Waals surface area (Å²) in [6.07, 6.45) is 3.82. The molecule has 1 aromatic carbocycles. The van der Waals surface area contributed by atoms with E-state index in [2.05, 4.69) is 14.1 Å². The van der Waals surface area contributed by atoms with Crippen molar-refractivity contribution in [3.63, 3.8) is 0 Å². The lowest BCUT2D eigenvalue weighted by molar-refractivity contribution is 1.33. The maximum Gasteiger partial charge on any atom is 0.129 e. The molecule has 0 saturated heterocycles. The van der Waals surface area contributed by atoms with Crippen molar-refractivity contribution in [3.05, 3.63) is 29.3 Å². The Morgan fingerprint density at radius 3 is 3.00 bits per heavy atom. The summed E-state index contributed by atoms with van der Waals surface area (Å²) in [7, 11) is 0. The average Bonchev–Trinajstić information content (AvgIpc) is 2.75. The van der Waals surface area contributed by atoms with Crippen LogP contribution in [-0.4, -0.2) is 21.2 Å². The quantitative estimate of drug-likeness (QED) is 0.684. The lowest BCUT2D eigenvalue weighted by Gasteiger charge is -2.05. The van der Waals surface area contributed by atoms with E-state index in [1.165, 1.54) is 11.7 Å². The molecule has 6 heteroatoms. The summed E-state index contributed by atoms with van der Waals surface area (Å²) in [5, 5.41) is 3.86. The number of allylic oxidation sites excluding steroid dienone is 1. The average molecular weight is 274 g/mol. The predicted molar refractivity (Wildman–Crippen MR) is 70.8 cm³/mol. The van der Waals surface area contributed by atoms with Gasteiger partial charge in [-0.15, -0.1) is 11.6 Å². The minimum atomic E-state index is 0.512. The van der Waals surface area contributed by atoms with Gasteiger partial charge in [0.25, 0.3) is 0 Å². The van der Waals surface area contributed by atoms with Crippen LogP contribution in [0.15, 0.2) is 24.3 Å². The standard InChI is InChI=1S/C10H9Cl2N3S/c11-5-1-2-6-13-9-7(12)3-4-8-10(9)15-16-14-8/h1-4,13H,5-6H2/b2-1+. The maximum absolute atomic E-state index is 6.10. The second-order valence-electron chi connectivity index (χ2n) is 3.06. The van der Waals surface area contributed by atoms with Crippen molar-refractivity contribution in [3.8, 4) is 0 Å². The van der Waals surface area contributed by atoms with E-state index in [0.29, 0.717) is 17.4 Å². The first-order chi connectivity index (χ1) is 7.83. The minimum Gasteiger partial charge on any atom is -0.379 e. The van der Waals surface area contributed by atoms with Crippen molar-refractivity contribution in [2.24, 2.45) is 0 Å². The van der Waals surface area contributed by atoms with Crippen LogP contribution >= 0.6 is 34.9 Å².